The van der Waals surface area contributed by atoms with Gasteiger partial charge in [0.1, 0.15) is 5.75 Å². The van der Waals surface area contributed by atoms with E-state index in [0.717, 1.165) is 17.7 Å². The lowest BCUT2D eigenvalue weighted by Crippen LogP contribution is -2.29. The fraction of sp³-hybridized carbons (Fsp3) is 0.174. The Labute approximate surface area is 168 Å². The van der Waals surface area contributed by atoms with Gasteiger partial charge in [-0.25, -0.2) is 4.98 Å². The minimum absolute atomic E-state index is 0.174. The molecule has 1 aliphatic carbocycles. The number of amides is 1. The number of nitriles is 1. The zero-order valence-electron chi connectivity index (χ0n) is 15.6. The Kier molecular flexibility index (Phi) is 4.14. The number of hydrogen-bond acceptors (Lipinski definition) is 4. The van der Waals surface area contributed by atoms with Crippen LogP contribution in [0.4, 0.5) is 5.69 Å². The maximum Gasteiger partial charge on any atom is 0.234 e. The maximum atomic E-state index is 12.4. The van der Waals surface area contributed by atoms with Crippen molar-refractivity contribution in [2.75, 3.05) is 4.90 Å². The van der Waals surface area contributed by atoms with Gasteiger partial charge in [-0.15, -0.1) is 0 Å². The van der Waals surface area contributed by atoms with Crippen molar-refractivity contribution in [3.8, 4) is 17.7 Å². The predicted molar refractivity (Wildman–Crippen MR) is 107 cm³/mol. The van der Waals surface area contributed by atoms with E-state index in [0.29, 0.717) is 29.7 Å². The summed E-state index contributed by atoms with van der Waals surface area (Å²) >= 11 is 0. The molecule has 0 bridgehead atoms. The van der Waals surface area contributed by atoms with Crippen molar-refractivity contribution < 1.29 is 9.53 Å². The Morgan fingerprint density at radius 3 is 2.69 bits per heavy atom. The lowest BCUT2D eigenvalue weighted by molar-refractivity contribution is -0.119. The fourth-order valence-electron chi connectivity index (χ4n) is 3.56. The summed E-state index contributed by atoms with van der Waals surface area (Å²) in [6.45, 7) is 0.598. The van der Waals surface area contributed by atoms with Crippen molar-refractivity contribution in [1.29, 1.82) is 5.26 Å². The van der Waals surface area contributed by atoms with Crippen molar-refractivity contribution in [2.45, 2.75) is 13.0 Å². The number of fused-ring (bicyclic) bond motifs is 1. The SMILES string of the molecule is N#Cc1ccc(Oc2cncn2Cc2ccc(N3C=C[C@H]4CC4C3=O)cc2)cc1. The van der Waals surface area contributed by atoms with Crippen LogP contribution in [0.25, 0.3) is 0 Å². The summed E-state index contributed by atoms with van der Waals surface area (Å²) in [7, 11) is 0. The van der Waals surface area contributed by atoms with Gasteiger partial charge in [0.25, 0.3) is 0 Å². The van der Waals surface area contributed by atoms with Crippen molar-refractivity contribution in [3.63, 3.8) is 0 Å². The third kappa shape index (κ3) is 3.39. The predicted octanol–water partition coefficient (Wildman–Crippen LogP) is 4.09. The average Bonchev–Trinajstić information content (AvgIpc) is 3.44. The average molecular weight is 382 g/mol. The van der Waals surface area contributed by atoms with Gasteiger partial charge in [-0.3, -0.25) is 14.3 Å². The molecule has 1 unspecified atom stereocenters. The summed E-state index contributed by atoms with van der Waals surface area (Å²) in [4.78, 5) is 18.3. The molecule has 1 fully saturated rings. The number of rotatable bonds is 5. The molecule has 2 atom stereocenters. The van der Waals surface area contributed by atoms with Gasteiger partial charge < -0.3 is 4.74 Å². The molecular formula is C23H18N4O2. The van der Waals surface area contributed by atoms with E-state index in [1.807, 2.05) is 35.0 Å². The number of benzene rings is 2. The first kappa shape index (κ1) is 17.3. The maximum absolute atomic E-state index is 12.4. The molecular weight excluding hydrogens is 364 g/mol. The number of carbonyl (C=O) groups excluding carboxylic acids is 1. The summed E-state index contributed by atoms with van der Waals surface area (Å²) in [5.41, 5.74) is 2.55. The van der Waals surface area contributed by atoms with Crippen molar-refractivity contribution in [2.24, 2.45) is 11.8 Å². The molecule has 142 valence electrons. The van der Waals surface area contributed by atoms with Gasteiger partial charge >= 0.3 is 0 Å². The quantitative estimate of drug-likeness (QED) is 0.666. The van der Waals surface area contributed by atoms with E-state index in [1.165, 1.54) is 0 Å². The highest BCUT2D eigenvalue weighted by molar-refractivity contribution is 5.99. The molecule has 6 nitrogen and oxygen atoms in total. The molecule has 0 spiro atoms. The highest BCUT2D eigenvalue weighted by Gasteiger charge is 2.45. The van der Waals surface area contributed by atoms with Crippen LogP contribution >= 0.6 is 0 Å². The van der Waals surface area contributed by atoms with Crippen LogP contribution in [-0.2, 0) is 11.3 Å². The minimum atomic E-state index is 0.174. The molecule has 6 heteroatoms. The smallest absolute Gasteiger partial charge is 0.234 e. The van der Waals surface area contributed by atoms with Gasteiger partial charge in [0, 0.05) is 17.8 Å². The number of anilines is 1. The van der Waals surface area contributed by atoms with Crippen LogP contribution in [0.1, 0.15) is 17.5 Å². The summed E-state index contributed by atoms with van der Waals surface area (Å²) in [6, 6.07) is 17.0. The molecule has 3 aromatic rings. The van der Waals surface area contributed by atoms with Crippen molar-refractivity contribution >= 4 is 11.6 Å². The van der Waals surface area contributed by atoms with E-state index in [2.05, 4.69) is 17.1 Å². The number of nitrogens with zero attached hydrogens (tertiary/aromatic N) is 4. The molecule has 29 heavy (non-hydrogen) atoms. The Morgan fingerprint density at radius 2 is 1.93 bits per heavy atom. The number of carbonyl (C=O) groups is 1. The van der Waals surface area contributed by atoms with Gasteiger partial charge in [0.05, 0.1) is 30.7 Å². The summed E-state index contributed by atoms with van der Waals surface area (Å²) in [5.74, 6) is 2.09. The molecule has 2 heterocycles. The van der Waals surface area contributed by atoms with E-state index in [-0.39, 0.29) is 11.8 Å². The second kappa shape index (κ2) is 6.95. The zero-order chi connectivity index (χ0) is 19.8. The molecule has 1 aliphatic heterocycles. The number of allylic oxidation sites excluding steroid dienone is 1. The van der Waals surface area contributed by atoms with Crippen LogP contribution < -0.4 is 9.64 Å². The largest absolute Gasteiger partial charge is 0.439 e. The molecule has 5 rings (SSSR count). The van der Waals surface area contributed by atoms with Crippen LogP contribution in [0.3, 0.4) is 0 Å². The van der Waals surface area contributed by atoms with Gasteiger partial charge in [0.2, 0.25) is 11.8 Å². The molecule has 2 aromatic carbocycles. The number of imidazole rings is 1. The second-order valence-electron chi connectivity index (χ2n) is 7.32. The van der Waals surface area contributed by atoms with E-state index in [9.17, 15) is 4.79 Å². The lowest BCUT2D eigenvalue weighted by atomic mass is 10.1. The van der Waals surface area contributed by atoms with Gasteiger partial charge in [-0.1, -0.05) is 18.2 Å². The Bertz CT molecular complexity index is 1120. The van der Waals surface area contributed by atoms with Crippen LogP contribution in [0.5, 0.6) is 11.6 Å². The highest BCUT2D eigenvalue weighted by Crippen LogP contribution is 2.44. The zero-order valence-corrected chi connectivity index (χ0v) is 15.6. The molecule has 0 N–H and O–H groups in total. The first-order valence-electron chi connectivity index (χ1n) is 9.50. The molecule has 1 saturated carbocycles. The highest BCUT2D eigenvalue weighted by atomic mass is 16.5. The van der Waals surface area contributed by atoms with Crippen molar-refractivity contribution in [1.82, 2.24) is 9.55 Å². The number of aromatic nitrogens is 2. The van der Waals surface area contributed by atoms with Gasteiger partial charge in [-0.2, -0.15) is 5.26 Å². The van der Waals surface area contributed by atoms with Crippen LogP contribution in [0.15, 0.2) is 73.3 Å². The topological polar surface area (TPSA) is 71.2 Å². The van der Waals surface area contributed by atoms with E-state index in [1.54, 1.807) is 41.7 Å². The van der Waals surface area contributed by atoms with E-state index < -0.39 is 0 Å². The Hall–Kier alpha value is -3.85. The first-order chi connectivity index (χ1) is 14.2. The summed E-state index contributed by atoms with van der Waals surface area (Å²) in [5, 5.41) is 8.90. The number of hydrogen-bond donors (Lipinski definition) is 0. The van der Waals surface area contributed by atoms with Crippen LogP contribution in [0.2, 0.25) is 0 Å². The fourth-order valence-corrected chi connectivity index (χ4v) is 3.56. The Morgan fingerprint density at radius 1 is 1.14 bits per heavy atom. The third-order valence-corrected chi connectivity index (χ3v) is 5.32. The molecule has 1 amide bonds. The third-order valence-electron chi connectivity index (χ3n) is 5.32. The second-order valence-corrected chi connectivity index (χ2v) is 7.32. The monoisotopic (exact) mass is 382 g/mol. The normalized spacial score (nSPS) is 19.6. The van der Waals surface area contributed by atoms with E-state index in [4.69, 9.17) is 10.00 Å². The lowest BCUT2D eigenvalue weighted by Gasteiger charge is -2.21. The summed E-state index contributed by atoms with van der Waals surface area (Å²) in [6.07, 6.45) is 8.38. The Balaban J connectivity index is 1.29. The molecule has 1 aromatic heterocycles. The molecule has 0 radical (unpaired) electrons. The van der Waals surface area contributed by atoms with Gasteiger partial charge in [-0.05, 0) is 54.3 Å². The first-order valence-corrected chi connectivity index (χ1v) is 9.50. The summed E-state index contributed by atoms with van der Waals surface area (Å²) < 4.78 is 7.81. The molecule has 0 saturated heterocycles. The van der Waals surface area contributed by atoms with Gasteiger partial charge in [0.15, 0.2) is 0 Å². The van der Waals surface area contributed by atoms with Crippen LogP contribution in [-0.4, -0.2) is 15.5 Å². The van der Waals surface area contributed by atoms with E-state index >= 15 is 0 Å². The minimum Gasteiger partial charge on any atom is -0.439 e. The van der Waals surface area contributed by atoms with Crippen LogP contribution in [0, 0.1) is 23.2 Å². The standard InChI is InChI=1S/C23H18N4O2/c24-12-16-3-7-20(8-4-16)29-22-13-25-15-26(22)14-17-1-5-19(6-2-17)27-10-9-18-11-21(18)23(27)28/h1-10,13,15,18,21H,11,14H2/t18-,21?/m0/s1. The van der Waals surface area contributed by atoms with Crippen molar-refractivity contribution in [3.05, 3.63) is 84.5 Å². The number of ether oxygens (including phenoxy) is 1. The molecule has 2 aliphatic rings.